The van der Waals surface area contributed by atoms with Crippen LogP contribution >= 0.6 is 11.6 Å². The van der Waals surface area contributed by atoms with E-state index in [1.54, 1.807) is 0 Å². The summed E-state index contributed by atoms with van der Waals surface area (Å²) in [5.74, 6) is -0.556. The Morgan fingerprint density at radius 2 is 2.00 bits per heavy atom. The van der Waals surface area contributed by atoms with Crippen molar-refractivity contribution in [1.29, 1.82) is 0 Å². The average Bonchev–Trinajstić information content (AvgIpc) is 3.06. The lowest BCUT2D eigenvalue weighted by Crippen LogP contribution is -2.47. The fourth-order valence-corrected chi connectivity index (χ4v) is 3.26. The summed E-state index contributed by atoms with van der Waals surface area (Å²) < 4.78 is 5.17. The highest BCUT2D eigenvalue weighted by Gasteiger charge is 2.24. The van der Waals surface area contributed by atoms with Crippen LogP contribution in [0, 0.1) is 0 Å². The van der Waals surface area contributed by atoms with Gasteiger partial charge in [0.25, 0.3) is 0 Å². The maximum absolute atomic E-state index is 12.1. The van der Waals surface area contributed by atoms with Gasteiger partial charge >= 0.3 is 12.0 Å². The normalized spacial score (nSPS) is 16.3. The monoisotopic (exact) mass is 387 g/mol. The van der Waals surface area contributed by atoms with Crippen LogP contribution in [0.3, 0.4) is 0 Å². The smallest absolute Gasteiger partial charge is 0.325 e. The summed E-state index contributed by atoms with van der Waals surface area (Å²) >= 11 is 6.00. The van der Waals surface area contributed by atoms with E-state index in [1.807, 2.05) is 48.5 Å². The van der Waals surface area contributed by atoms with Gasteiger partial charge in [-0.25, -0.2) is 4.79 Å². The first-order valence-corrected chi connectivity index (χ1v) is 9.19. The van der Waals surface area contributed by atoms with Crippen LogP contribution in [0.15, 0.2) is 48.5 Å². The van der Waals surface area contributed by atoms with Crippen molar-refractivity contribution in [2.24, 2.45) is 5.73 Å². The number of esters is 1. The van der Waals surface area contributed by atoms with Crippen LogP contribution in [-0.4, -0.2) is 24.6 Å². The predicted octanol–water partition coefficient (Wildman–Crippen LogP) is 2.70. The quantitative estimate of drug-likeness (QED) is 0.664. The minimum absolute atomic E-state index is 0.000346. The Kier molecular flexibility index (Phi) is 6.32. The first-order valence-electron chi connectivity index (χ1n) is 8.82. The number of rotatable bonds is 6. The van der Waals surface area contributed by atoms with E-state index in [2.05, 4.69) is 10.6 Å². The molecule has 0 radical (unpaired) electrons. The van der Waals surface area contributed by atoms with Crippen LogP contribution in [-0.2, 0) is 22.6 Å². The maximum Gasteiger partial charge on any atom is 0.325 e. The number of nitrogens with two attached hydrogens (primary N) is 1. The zero-order valence-corrected chi connectivity index (χ0v) is 15.5. The molecule has 0 aliphatic heterocycles. The number of carbonyl (C=O) groups excluding carboxylic acids is 2. The molecule has 2 atom stereocenters. The summed E-state index contributed by atoms with van der Waals surface area (Å²) in [7, 11) is 0. The molecule has 0 fully saturated rings. The Hall–Kier alpha value is -2.57. The number of halogens is 1. The minimum atomic E-state index is -0.922. The molecule has 6 nitrogen and oxygen atoms in total. The highest BCUT2D eigenvalue weighted by molar-refractivity contribution is 6.30. The van der Waals surface area contributed by atoms with Crippen molar-refractivity contribution in [2.45, 2.75) is 31.5 Å². The third-order valence-corrected chi connectivity index (χ3v) is 4.73. The Bertz CT molecular complexity index is 813. The van der Waals surface area contributed by atoms with Gasteiger partial charge in [0.15, 0.2) is 0 Å². The SMILES string of the molecule is N[C@@H](CNC(=O)N[C@@H]1CCc2cc(Cl)ccc21)C(=O)OCc1ccccc1. The van der Waals surface area contributed by atoms with E-state index in [1.165, 1.54) is 0 Å². The Morgan fingerprint density at radius 3 is 2.78 bits per heavy atom. The molecule has 142 valence electrons. The number of hydrogen-bond acceptors (Lipinski definition) is 4. The zero-order chi connectivity index (χ0) is 19.2. The van der Waals surface area contributed by atoms with Crippen molar-refractivity contribution < 1.29 is 14.3 Å². The van der Waals surface area contributed by atoms with Gasteiger partial charge in [-0.1, -0.05) is 48.0 Å². The zero-order valence-electron chi connectivity index (χ0n) is 14.8. The standard InChI is InChI=1S/C20H22ClN3O3/c21-15-7-8-16-14(10-15)6-9-18(16)24-20(26)23-11-17(22)19(25)27-12-13-4-2-1-3-5-13/h1-5,7-8,10,17-18H,6,9,11-12,22H2,(H2,23,24,26)/t17-,18+/m0/s1. The Balaban J connectivity index is 1.42. The largest absolute Gasteiger partial charge is 0.460 e. The molecule has 2 aromatic rings. The summed E-state index contributed by atoms with van der Waals surface area (Å²) in [4.78, 5) is 24.1. The molecule has 27 heavy (non-hydrogen) atoms. The van der Waals surface area contributed by atoms with Crippen molar-refractivity contribution in [2.75, 3.05) is 6.54 Å². The maximum atomic E-state index is 12.1. The van der Waals surface area contributed by atoms with Crippen molar-refractivity contribution in [1.82, 2.24) is 10.6 Å². The molecule has 0 bridgehead atoms. The van der Waals surface area contributed by atoms with Crippen molar-refractivity contribution >= 4 is 23.6 Å². The lowest BCUT2D eigenvalue weighted by atomic mass is 10.1. The van der Waals surface area contributed by atoms with E-state index < -0.39 is 12.0 Å². The van der Waals surface area contributed by atoms with Crippen LogP contribution in [0.4, 0.5) is 4.79 Å². The fraction of sp³-hybridized carbons (Fsp3) is 0.300. The number of aryl methyl sites for hydroxylation is 1. The summed E-state index contributed by atoms with van der Waals surface area (Å²) in [5.41, 5.74) is 8.90. The van der Waals surface area contributed by atoms with Crippen LogP contribution in [0.25, 0.3) is 0 Å². The molecule has 0 saturated carbocycles. The molecule has 1 aliphatic carbocycles. The topological polar surface area (TPSA) is 93.5 Å². The number of amides is 2. The van der Waals surface area contributed by atoms with Gasteiger partial charge in [0.2, 0.25) is 0 Å². The van der Waals surface area contributed by atoms with Gasteiger partial charge in [0.1, 0.15) is 12.6 Å². The van der Waals surface area contributed by atoms with E-state index in [9.17, 15) is 9.59 Å². The van der Waals surface area contributed by atoms with Gasteiger partial charge < -0.3 is 21.1 Å². The van der Waals surface area contributed by atoms with Crippen molar-refractivity contribution in [3.05, 3.63) is 70.2 Å². The van der Waals surface area contributed by atoms with E-state index in [0.29, 0.717) is 5.02 Å². The highest BCUT2D eigenvalue weighted by atomic mass is 35.5. The lowest BCUT2D eigenvalue weighted by Gasteiger charge is -2.17. The number of nitrogens with one attached hydrogen (secondary N) is 2. The third-order valence-electron chi connectivity index (χ3n) is 4.50. The second kappa shape index (κ2) is 8.88. The van der Waals surface area contributed by atoms with Crippen molar-refractivity contribution in [3.8, 4) is 0 Å². The Labute approximate surface area is 163 Å². The molecule has 2 aromatic carbocycles. The lowest BCUT2D eigenvalue weighted by molar-refractivity contribution is -0.146. The molecule has 3 rings (SSSR count). The van der Waals surface area contributed by atoms with E-state index in [4.69, 9.17) is 22.1 Å². The number of fused-ring (bicyclic) bond motifs is 1. The van der Waals surface area contributed by atoms with Gasteiger partial charge in [-0.15, -0.1) is 0 Å². The summed E-state index contributed by atoms with van der Waals surface area (Å²) in [6.07, 6.45) is 1.68. The average molecular weight is 388 g/mol. The predicted molar refractivity (Wildman–Crippen MR) is 103 cm³/mol. The number of carbonyl (C=O) groups is 2. The first-order chi connectivity index (χ1) is 13.0. The highest BCUT2D eigenvalue weighted by Crippen LogP contribution is 2.32. The van der Waals surface area contributed by atoms with Crippen molar-refractivity contribution in [3.63, 3.8) is 0 Å². The Morgan fingerprint density at radius 1 is 1.22 bits per heavy atom. The van der Waals surface area contributed by atoms with Crippen LogP contribution in [0.5, 0.6) is 0 Å². The molecule has 0 aromatic heterocycles. The molecule has 4 N–H and O–H groups in total. The second-order valence-electron chi connectivity index (χ2n) is 6.49. The molecule has 7 heteroatoms. The summed E-state index contributed by atoms with van der Waals surface area (Å²) in [5, 5.41) is 6.23. The number of benzene rings is 2. The molecule has 0 heterocycles. The minimum Gasteiger partial charge on any atom is -0.460 e. The van der Waals surface area contributed by atoms with Crippen LogP contribution < -0.4 is 16.4 Å². The van der Waals surface area contributed by atoms with E-state index >= 15 is 0 Å². The molecular weight excluding hydrogens is 366 g/mol. The molecule has 0 saturated heterocycles. The summed E-state index contributed by atoms with van der Waals surface area (Å²) in [6.45, 7) is 0.153. The first kappa shape index (κ1) is 19.2. The summed E-state index contributed by atoms with van der Waals surface area (Å²) in [6, 6.07) is 13.6. The van der Waals surface area contributed by atoms with Gasteiger partial charge in [-0.3, -0.25) is 4.79 Å². The molecule has 0 unspecified atom stereocenters. The molecular formula is C20H22ClN3O3. The fourth-order valence-electron chi connectivity index (χ4n) is 3.07. The third kappa shape index (κ3) is 5.21. The van der Waals surface area contributed by atoms with Crippen LogP contribution in [0.1, 0.15) is 29.2 Å². The van der Waals surface area contributed by atoms with Gasteiger partial charge in [-0.05, 0) is 41.7 Å². The van der Waals surface area contributed by atoms with Gasteiger partial charge in [-0.2, -0.15) is 0 Å². The second-order valence-corrected chi connectivity index (χ2v) is 6.92. The number of ether oxygens (including phenoxy) is 1. The molecule has 0 spiro atoms. The number of hydrogen-bond donors (Lipinski definition) is 3. The van der Waals surface area contributed by atoms with Gasteiger partial charge in [0, 0.05) is 11.6 Å². The van der Waals surface area contributed by atoms with Crippen LogP contribution in [0.2, 0.25) is 5.02 Å². The van der Waals surface area contributed by atoms with E-state index in [0.717, 1.165) is 29.5 Å². The van der Waals surface area contributed by atoms with E-state index in [-0.39, 0.29) is 25.2 Å². The molecule has 2 amide bonds. The van der Waals surface area contributed by atoms with Gasteiger partial charge in [0.05, 0.1) is 6.04 Å². The molecule has 1 aliphatic rings. The number of urea groups is 1.